The van der Waals surface area contributed by atoms with Crippen molar-refractivity contribution in [2.45, 2.75) is 38.6 Å². The summed E-state index contributed by atoms with van der Waals surface area (Å²) in [6, 6.07) is 12.4. The summed E-state index contributed by atoms with van der Waals surface area (Å²) >= 11 is 0. The Kier molecular flexibility index (Phi) is 4.61. The SMILES string of the molecule is Cc1cc([C@H]2CCCN(Cc3noc(Cc4ccccc4)n3)C2)n[nH]1. The number of nitrogens with zero attached hydrogens (tertiary/aromatic N) is 4. The lowest BCUT2D eigenvalue weighted by molar-refractivity contribution is 0.192. The van der Waals surface area contributed by atoms with E-state index in [1.807, 2.05) is 25.1 Å². The predicted molar refractivity (Wildman–Crippen MR) is 94.1 cm³/mol. The van der Waals surface area contributed by atoms with Crippen molar-refractivity contribution in [3.63, 3.8) is 0 Å². The summed E-state index contributed by atoms with van der Waals surface area (Å²) in [5, 5.41) is 11.6. The monoisotopic (exact) mass is 337 g/mol. The van der Waals surface area contributed by atoms with Gasteiger partial charge in [-0.2, -0.15) is 10.1 Å². The molecule has 25 heavy (non-hydrogen) atoms. The van der Waals surface area contributed by atoms with Gasteiger partial charge in [-0.15, -0.1) is 0 Å². The standard InChI is InChI=1S/C19H23N5O/c1-14-10-17(22-21-14)16-8-5-9-24(12-16)13-18-20-19(25-23-18)11-15-6-3-2-4-7-15/h2-4,6-7,10,16H,5,8-9,11-13H2,1H3,(H,21,22)/t16-/m0/s1. The van der Waals surface area contributed by atoms with Crippen LogP contribution in [0.15, 0.2) is 40.9 Å². The minimum atomic E-state index is 0.481. The van der Waals surface area contributed by atoms with Crippen LogP contribution in [-0.4, -0.2) is 38.3 Å². The second-order valence-corrected chi connectivity index (χ2v) is 6.82. The maximum atomic E-state index is 5.42. The zero-order valence-electron chi connectivity index (χ0n) is 14.5. The third-order valence-electron chi connectivity index (χ3n) is 4.72. The van der Waals surface area contributed by atoms with Gasteiger partial charge in [0.25, 0.3) is 0 Å². The molecule has 1 N–H and O–H groups in total. The summed E-state index contributed by atoms with van der Waals surface area (Å²) in [7, 11) is 0. The van der Waals surface area contributed by atoms with Crippen molar-refractivity contribution < 1.29 is 4.52 Å². The zero-order valence-corrected chi connectivity index (χ0v) is 14.5. The van der Waals surface area contributed by atoms with Crippen LogP contribution >= 0.6 is 0 Å². The Morgan fingerprint density at radius 1 is 1.28 bits per heavy atom. The summed E-state index contributed by atoms with van der Waals surface area (Å²) in [6.45, 7) is 4.85. The van der Waals surface area contributed by atoms with Crippen LogP contribution < -0.4 is 0 Å². The Labute approximate surface area is 147 Å². The van der Waals surface area contributed by atoms with Crippen molar-refractivity contribution in [2.24, 2.45) is 0 Å². The first kappa shape index (κ1) is 16.0. The van der Waals surface area contributed by atoms with Crippen molar-refractivity contribution in [1.82, 2.24) is 25.2 Å². The van der Waals surface area contributed by atoms with Crippen molar-refractivity contribution >= 4 is 0 Å². The van der Waals surface area contributed by atoms with E-state index < -0.39 is 0 Å². The van der Waals surface area contributed by atoms with Crippen LogP contribution in [0.1, 0.15) is 47.4 Å². The molecule has 0 bridgehead atoms. The van der Waals surface area contributed by atoms with Crippen LogP contribution in [0.2, 0.25) is 0 Å². The van der Waals surface area contributed by atoms with Gasteiger partial charge in [0.2, 0.25) is 5.89 Å². The number of hydrogen-bond donors (Lipinski definition) is 1. The maximum absolute atomic E-state index is 5.42. The smallest absolute Gasteiger partial charge is 0.231 e. The van der Waals surface area contributed by atoms with Gasteiger partial charge >= 0.3 is 0 Å². The van der Waals surface area contributed by atoms with Gasteiger partial charge in [-0.1, -0.05) is 35.5 Å². The quantitative estimate of drug-likeness (QED) is 0.775. The molecule has 1 aliphatic rings. The van der Waals surface area contributed by atoms with Crippen molar-refractivity contribution in [1.29, 1.82) is 0 Å². The average molecular weight is 337 g/mol. The van der Waals surface area contributed by atoms with Gasteiger partial charge in [0.15, 0.2) is 5.82 Å². The van der Waals surface area contributed by atoms with E-state index in [1.54, 1.807) is 0 Å². The topological polar surface area (TPSA) is 70.8 Å². The molecule has 2 aromatic heterocycles. The largest absolute Gasteiger partial charge is 0.339 e. The molecule has 3 heterocycles. The molecule has 6 heteroatoms. The molecule has 1 fully saturated rings. The molecule has 0 spiro atoms. The number of aryl methyl sites for hydroxylation is 1. The summed E-state index contributed by atoms with van der Waals surface area (Å²) in [4.78, 5) is 6.96. The molecule has 1 aliphatic heterocycles. The minimum absolute atomic E-state index is 0.481. The minimum Gasteiger partial charge on any atom is -0.339 e. The normalized spacial score (nSPS) is 18.5. The van der Waals surface area contributed by atoms with Crippen LogP contribution in [-0.2, 0) is 13.0 Å². The first-order chi connectivity index (χ1) is 12.3. The highest BCUT2D eigenvalue weighted by Gasteiger charge is 2.24. The number of piperidine rings is 1. The molecular formula is C19H23N5O. The molecule has 0 saturated carbocycles. The van der Waals surface area contributed by atoms with Gasteiger partial charge in [0.05, 0.1) is 18.7 Å². The molecule has 0 unspecified atom stereocenters. The lowest BCUT2D eigenvalue weighted by atomic mass is 9.94. The third-order valence-corrected chi connectivity index (χ3v) is 4.72. The van der Waals surface area contributed by atoms with E-state index in [1.165, 1.54) is 24.1 Å². The van der Waals surface area contributed by atoms with E-state index in [0.29, 0.717) is 18.2 Å². The Balaban J connectivity index is 1.37. The molecule has 6 nitrogen and oxygen atoms in total. The Morgan fingerprint density at radius 3 is 2.96 bits per heavy atom. The third kappa shape index (κ3) is 3.96. The second kappa shape index (κ2) is 7.19. The van der Waals surface area contributed by atoms with E-state index in [2.05, 4.69) is 43.4 Å². The van der Waals surface area contributed by atoms with Gasteiger partial charge in [-0.05, 0) is 37.9 Å². The van der Waals surface area contributed by atoms with Gasteiger partial charge in [0.1, 0.15) is 0 Å². The highest BCUT2D eigenvalue weighted by molar-refractivity contribution is 5.18. The first-order valence-electron chi connectivity index (χ1n) is 8.86. The van der Waals surface area contributed by atoms with Gasteiger partial charge in [0, 0.05) is 18.2 Å². The second-order valence-electron chi connectivity index (χ2n) is 6.82. The van der Waals surface area contributed by atoms with Crippen LogP contribution in [0.3, 0.4) is 0 Å². The molecule has 0 amide bonds. The van der Waals surface area contributed by atoms with Crippen molar-refractivity contribution in [2.75, 3.05) is 13.1 Å². The number of benzene rings is 1. The molecule has 1 atom stereocenters. The first-order valence-corrected chi connectivity index (χ1v) is 8.86. The summed E-state index contributed by atoms with van der Waals surface area (Å²) < 4.78 is 5.42. The lowest BCUT2D eigenvalue weighted by Crippen LogP contribution is -2.34. The number of aromatic amines is 1. The number of likely N-dealkylation sites (tertiary alicyclic amines) is 1. The van der Waals surface area contributed by atoms with E-state index in [4.69, 9.17) is 4.52 Å². The fraction of sp³-hybridized carbons (Fsp3) is 0.421. The fourth-order valence-electron chi connectivity index (χ4n) is 3.49. The number of H-pyrrole nitrogens is 1. The van der Waals surface area contributed by atoms with Crippen LogP contribution in [0.5, 0.6) is 0 Å². The van der Waals surface area contributed by atoms with Crippen molar-refractivity contribution in [3.8, 4) is 0 Å². The lowest BCUT2D eigenvalue weighted by Gasteiger charge is -2.30. The molecular weight excluding hydrogens is 314 g/mol. The van der Waals surface area contributed by atoms with Crippen LogP contribution in [0, 0.1) is 6.92 Å². The van der Waals surface area contributed by atoms with E-state index in [-0.39, 0.29) is 0 Å². The molecule has 1 aromatic carbocycles. The number of nitrogens with one attached hydrogen (secondary N) is 1. The predicted octanol–water partition coefficient (Wildman–Crippen LogP) is 3.07. The fourth-order valence-corrected chi connectivity index (χ4v) is 3.49. The van der Waals surface area contributed by atoms with Gasteiger partial charge in [-0.25, -0.2) is 0 Å². The summed E-state index contributed by atoms with van der Waals surface area (Å²) in [5.74, 6) is 1.93. The average Bonchev–Trinajstić information content (AvgIpc) is 3.25. The maximum Gasteiger partial charge on any atom is 0.231 e. The number of aromatic nitrogens is 4. The molecule has 4 rings (SSSR count). The van der Waals surface area contributed by atoms with Gasteiger partial charge in [-0.3, -0.25) is 10.00 Å². The van der Waals surface area contributed by atoms with Crippen molar-refractivity contribution in [3.05, 3.63) is 65.1 Å². The molecule has 0 radical (unpaired) electrons. The zero-order chi connectivity index (χ0) is 17.1. The van der Waals surface area contributed by atoms with Crippen LogP contribution in [0.4, 0.5) is 0 Å². The van der Waals surface area contributed by atoms with Crippen LogP contribution in [0.25, 0.3) is 0 Å². The molecule has 1 saturated heterocycles. The van der Waals surface area contributed by atoms with Gasteiger partial charge < -0.3 is 4.52 Å². The highest BCUT2D eigenvalue weighted by Crippen LogP contribution is 2.26. The molecule has 0 aliphatic carbocycles. The summed E-state index contributed by atoms with van der Waals surface area (Å²) in [6.07, 6.45) is 3.04. The molecule has 3 aromatic rings. The number of hydrogen-bond acceptors (Lipinski definition) is 5. The van der Waals surface area contributed by atoms with E-state index in [0.717, 1.165) is 31.2 Å². The Hall–Kier alpha value is -2.47. The van der Waals surface area contributed by atoms with E-state index >= 15 is 0 Å². The molecule has 130 valence electrons. The Morgan fingerprint density at radius 2 is 2.16 bits per heavy atom. The number of rotatable bonds is 5. The van der Waals surface area contributed by atoms with E-state index in [9.17, 15) is 0 Å². The summed E-state index contributed by atoms with van der Waals surface area (Å²) in [5.41, 5.74) is 3.47. The highest BCUT2D eigenvalue weighted by atomic mass is 16.5. The Bertz CT molecular complexity index is 810.